The van der Waals surface area contributed by atoms with E-state index in [4.69, 9.17) is 0 Å². The van der Waals surface area contributed by atoms with E-state index in [9.17, 15) is 0 Å². The summed E-state index contributed by atoms with van der Waals surface area (Å²) in [7, 11) is 0. The maximum Gasteiger partial charge on any atom is 0.0107 e. The van der Waals surface area contributed by atoms with Crippen LogP contribution in [0.3, 0.4) is 0 Å². The van der Waals surface area contributed by atoms with Crippen LogP contribution in [0.5, 0.6) is 0 Å². The molecule has 1 aliphatic heterocycles. The van der Waals surface area contributed by atoms with Gasteiger partial charge in [0.05, 0.1) is 0 Å². The molecule has 0 unspecified atom stereocenters. The summed E-state index contributed by atoms with van der Waals surface area (Å²) in [5.74, 6) is 0. The Morgan fingerprint density at radius 1 is 1.25 bits per heavy atom. The fourth-order valence-electron chi connectivity index (χ4n) is 2.27. The van der Waals surface area contributed by atoms with Gasteiger partial charge in [0, 0.05) is 32.2 Å². The normalized spacial score (nSPS) is 32.0. The molecule has 1 N–H and O–H groups in total. The van der Waals surface area contributed by atoms with E-state index in [1.165, 1.54) is 51.9 Å². The van der Waals surface area contributed by atoms with E-state index in [1.807, 2.05) is 0 Å². The molecule has 0 atom stereocenters. The summed E-state index contributed by atoms with van der Waals surface area (Å²) < 4.78 is 0. The zero-order valence-corrected chi connectivity index (χ0v) is 7.68. The third-order valence-electron chi connectivity index (χ3n) is 3.51. The molecular formula is C10H18N2. The third kappa shape index (κ3) is 1.38. The van der Waals surface area contributed by atoms with Gasteiger partial charge in [0.2, 0.25) is 0 Å². The Morgan fingerprint density at radius 2 is 2.00 bits per heavy atom. The van der Waals surface area contributed by atoms with Crippen LogP contribution in [0.15, 0.2) is 0 Å². The predicted octanol–water partition coefficient (Wildman–Crippen LogP) is 0.834. The molecule has 1 heterocycles. The van der Waals surface area contributed by atoms with Crippen LogP contribution in [0.1, 0.15) is 25.7 Å². The second kappa shape index (κ2) is 2.46. The molecule has 2 heteroatoms. The molecule has 2 saturated carbocycles. The molecule has 0 aromatic rings. The molecule has 2 aliphatic carbocycles. The number of likely N-dealkylation sites (tertiary alicyclic amines) is 1. The van der Waals surface area contributed by atoms with Crippen molar-refractivity contribution >= 4 is 0 Å². The van der Waals surface area contributed by atoms with Gasteiger partial charge in [0.1, 0.15) is 0 Å². The Labute approximate surface area is 74.3 Å². The Kier molecular flexibility index (Phi) is 1.50. The topological polar surface area (TPSA) is 15.3 Å². The van der Waals surface area contributed by atoms with E-state index >= 15 is 0 Å². The van der Waals surface area contributed by atoms with Crippen molar-refractivity contribution in [3.05, 3.63) is 0 Å². The fourth-order valence-corrected chi connectivity index (χ4v) is 2.27. The Hall–Kier alpha value is -0.0800. The minimum atomic E-state index is 0.847. The molecule has 0 aromatic heterocycles. The highest BCUT2D eigenvalue weighted by atomic mass is 15.2. The Bertz CT molecular complexity index is 174. The molecule has 0 aromatic carbocycles. The van der Waals surface area contributed by atoms with Crippen LogP contribution in [0, 0.1) is 5.41 Å². The van der Waals surface area contributed by atoms with Gasteiger partial charge in [0.15, 0.2) is 0 Å². The maximum absolute atomic E-state index is 3.56. The van der Waals surface area contributed by atoms with Gasteiger partial charge in [-0.15, -0.1) is 0 Å². The van der Waals surface area contributed by atoms with Crippen LogP contribution in [-0.2, 0) is 0 Å². The summed E-state index contributed by atoms with van der Waals surface area (Å²) in [5.41, 5.74) is 0.847. The first-order chi connectivity index (χ1) is 5.86. The van der Waals surface area contributed by atoms with E-state index < -0.39 is 0 Å². The van der Waals surface area contributed by atoms with Crippen LogP contribution < -0.4 is 5.32 Å². The van der Waals surface area contributed by atoms with Crippen molar-refractivity contribution < 1.29 is 0 Å². The highest BCUT2D eigenvalue weighted by Crippen LogP contribution is 2.52. The monoisotopic (exact) mass is 166 g/mol. The molecule has 68 valence electrons. The number of hydrogen-bond donors (Lipinski definition) is 1. The lowest BCUT2D eigenvalue weighted by Gasteiger charge is -2.40. The minimum Gasteiger partial charge on any atom is -0.313 e. The lowest BCUT2D eigenvalue weighted by molar-refractivity contribution is 0.0830. The number of rotatable bonds is 4. The van der Waals surface area contributed by atoms with Gasteiger partial charge in [-0.2, -0.15) is 0 Å². The van der Waals surface area contributed by atoms with Crippen molar-refractivity contribution in [2.75, 3.05) is 26.2 Å². The first-order valence-electron chi connectivity index (χ1n) is 5.32. The second-order valence-corrected chi connectivity index (χ2v) is 4.94. The maximum atomic E-state index is 3.56. The van der Waals surface area contributed by atoms with Gasteiger partial charge in [-0.1, -0.05) is 0 Å². The van der Waals surface area contributed by atoms with Gasteiger partial charge in [-0.25, -0.2) is 0 Å². The zero-order valence-electron chi connectivity index (χ0n) is 7.68. The summed E-state index contributed by atoms with van der Waals surface area (Å²) in [5, 5.41) is 3.56. The summed E-state index contributed by atoms with van der Waals surface area (Å²) in [6.07, 6.45) is 5.87. The van der Waals surface area contributed by atoms with Crippen LogP contribution in [0.4, 0.5) is 0 Å². The molecular weight excluding hydrogens is 148 g/mol. The highest BCUT2D eigenvalue weighted by molar-refractivity contribution is 5.05. The fraction of sp³-hybridized carbons (Fsp3) is 1.00. The van der Waals surface area contributed by atoms with E-state index in [0.717, 1.165) is 11.5 Å². The van der Waals surface area contributed by atoms with E-state index in [1.54, 1.807) is 0 Å². The van der Waals surface area contributed by atoms with Crippen LogP contribution in [-0.4, -0.2) is 37.1 Å². The highest BCUT2D eigenvalue weighted by Gasteiger charge is 2.51. The first-order valence-corrected chi connectivity index (χ1v) is 5.32. The van der Waals surface area contributed by atoms with E-state index in [2.05, 4.69) is 10.2 Å². The molecule has 0 bridgehead atoms. The Morgan fingerprint density at radius 3 is 2.58 bits per heavy atom. The standard InChI is InChI=1S/C10H18N2/c1-2-9(1)11-5-6-12-7-10(8-12)3-4-10/h9,11H,1-8H2. The van der Waals surface area contributed by atoms with E-state index in [0.29, 0.717) is 0 Å². The number of hydrogen-bond acceptors (Lipinski definition) is 2. The minimum absolute atomic E-state index is 0.847. The summed E-state index contributed by atoms with van der Waals surface area (Å²) in [4.78, 5) is 2.60. The van der Waals surface area contributed by atoms with Crippen molar-refractivity contribution in [2.24, 2.45) is 5.41 Å². The largest absolute Gasteiger partial charge is 0.313 e. The van der Waals surface area contributed by atoms with Crippen LogP contribution >= 0.6 is 0 Å². The summed E-state index contributed by atoms with van der Waals surface area (Å²) in [6, 6.07) is 0.890. The summed E-state index contributed by atoms with van der Waals surface area (Å²) >= 11 is 0. The summed E-state index contributed by atoms with van der Waals surface area (Å²) in [6.45, 7) is 5.32. The molecule has 0 radical (unpaired) electrons. The second-order valence-electron chi connectivity index (χ2n) is 4.94. The molecule has 3 fully saturated rings. The first kappa shape index (κ1) is 7.34. The predicted molar refractivity (Wildman–Crippen MR) is 49.1 cm³/mol. The SMILES string of the molecule is C(CN1CC2(CC2)C1)NC1CC1. The zero-order chi connectivity index (χ0) is 8.02. The molecule has 3 rings (SSSR count). The molecule has 2 nitrogen and oxygen atoms in total. The van der Waals surface area contributed by atoms with Crippen molar-refractivity contribution in [3.63, 3.8) is 0 Å². The number of nitrogens with one attached hydrogen (secondary N) is 1. The molecule has 1 spiro atoms. The van der Waals surface area contributed by atoms with Gasteiger partial charge in [-0.05, 0) is 31.1 Å². The smallest absolute Gasteiger partial charge is 0.0107 e. The third-order valence-corrected chi connectivity index (χ3v) is 3.51. The molecule has 3 aliphatic rings. The van der Waals surface area contributed by atoms with Gasteiger partial charge in [0.25, 0.3) is 0 Å². The van der Waals surface area contributed by atoms with E-state index in [-0.39, 0.29) is 0 Å². The quantitative estimate of drug-likeness (QED) is 0.665. The van der Waals surface area contributed by atoms with Crippen molar-refractivity contribution in [1.29, 1.82) is 0 Å². The van der Waals surface area contributed by atoms with Crippen LogP contribution in [0.2, 0.25) is 0 Å². The van der Waals surface area contributed by atoms with Crippen molar-refractivity contribution in [3.8, 4) is 0 Å². The average Bonchev–Trinajstić information content (AvgIpc) is 2.78. The lowest BCUT2D eigenvalue weighted by Crippen LogP contribution is -2.50. The molecule has 1 saturated heterocycles. The van der Waals surface area contributed by atoms with Gasteiger partial charge >= 0.3 is 0 Å². The Balaban J connectivity index is 1.30. The molecule has 0 amide bonds. The van der Waals surface area contributed by atoms with Crippen molar-refractivity contribution in [1.82, 2.24) is 10.2 Å². The van der Waals surface area contributed by atoms with Crippen molar-refractivity contribution in [2.45, 2.75) is 31.7 Å². The van der Waals surface area contributed by atoms with Gasteiger partial charge < -0.3 is 10.2 Å². The number of nitrogens with zero attached hydrogens (tertiary/aromatic N) is 1. The van der Waals surface area contributed by atoms with Gasteiger partial charge in [-0.3, -0.25) is 0 Å². The average molecular weight is 166 g/mol. The van der Waals surface area contributed by atoms with Crippen LogP contribution in [0.25, 0.3) is 0 Å². The molecule has 12 heavy (non-hydrogen) atoms. The lowest BCUT2D eigenvalue weighted by atomic mass is 9.97.